The minimum atomic E-state index is 0.469. The van der Waals surface area contributed by atoms with Crippen LogP contribution in [0.25, 0.3) is 0 Å². The molecular weight excluding hydrogens is 146 g/mol. The molecule has 1 rings (SSSR count). The lowest BCUT2D eigenvalue weighted by molar-refractivity contribution is -0.0653. The first kappa shape index (κ1) is 10.0. The maximum Gasteiger partial charge on any atom is 0.00528 e. The van der Waals surface area contributed by atoms with Crippen molar-refractivity contribution in [2.24, 2.45) is 10.8 Å². The van der Waals surface area contributed by atoms with Gasteiger partial charge in [0.15, 0.2) is 0 Å². The van der Waals surface area contributed by atoms with Crippen molar-refractivity contribution in [3.05, 3.63) is 0 Å². The Hall–Kier alpha value is -0.0400. The van der Waals surface area contributed by atoms with Crippen LogP contribution in [0.2, 0.25) is 0 Å². The number of hydrogen-bond donors (Lipinski definition) is 0. The molecule has 0 bridgehead atoms. The highest BCUT2D eigenvalue weighted by Gasteiger charge is 2.46. The van der Waals surface area contributed by atoms with Crippen LogP contribution in [0.15, 0.2) is 0 Å². The average Bonchev–Trinajstić information content (AvgIpc) is 1.82. The summed E-state index contributed by atoms with van der Waals surface area (Å²) in [6, 6.07) is 0. The molecule has 1 nitrogen and oxygen atoms in total. The SMILES string of the molecule is CCCN1CC(C)(C(C)(C)C)C1. The summed E-state index contributed by atoms with van der Waals surface area (Å²) in [5.41, 5.74) is 1.03. The Morgan fingerprint density at radius 1 is 1.25 bits per heavy atom. The van der Waals surface area contributed by atoms with Gasteiger partial charge in [0.05, 0.1) is 0 Å². The second-order valence-electron chi connectivity index (χ2n) is 5.52. The second-order valence-corrected chi connectivity index (χ2v) is 5.52. The molecule has 1 heterocycles. The van der Waals surface area contributed by atoms with E-state index in [9.17, 15) is 0 Å². The lowest BCUT2D eigenvalue weighted by Crippen LogP contribution is -2.60. The maximum atomic E-state index is 2.56. The number of likely N-dealkylation sites (tertiary alicyclic amines) is 1. The van der Waals surface area contributed by atoms with E-state index in [1.165, 1.54) is 26.1 Å². The molecule has 0 radical (unpaired) electrons. The molecular formula is C11H23N. The lowest BCUT2D eigenvalue weighted by Gasteiger charge is -2.55. The van der Waals surface area contributed by atoms with Crippen LogP contribution in [0.4, 0.5) is 0 Å². The first-order valence-corrected chi connectivity index (χ1v) is 5.11. The summed E-state index contributed by atoms with van der Waals surface area (Å²) in [7, 11) is 0. The summed E-state index contributed by atoms with van der Waals surface area (Å²) >= 11 is 0. The molecule has 1 saturated heterocycles. The van der Waals surface area contributed by atoms with Crippen molar-refractivity contribution in [2.45, 2.75) is 41.0 Å². The first-order valence-electron chi connectivity index (χ1n) is 5.11. The van der Waals surface area contributed by atoms with Crippen molar-refractivity contribution in [1.82, 2.24) is 4.90 Å². The van der Waals surface area contributed by atoms with Crippen LogP contribution in [-0.4, -0.2) is 24.5 Å². The molecule has 0 N–H and O–H groups in total. The van der Waals surface area contributed by atoms with Crippen molar-refractivity contribution in [3.8, 4) is 0 Å². The summed E-state index contributed by atoms with van der Waals surface area (Å²) < 4.78 is 0. The highest BCUT2D eigenvalue weighted by Crippen LogP contribution is 2.45. The Balaban J connectivity index is 2.40. The number of rotatable bonds is 2. The molecule has 0 aromatic rings. The highest BCUT2D eigenvalue weighted by molar-refractivity contribution is 4.98. The molecule has 12 heavy (non-hydrogen) atoms. The van der Waals surface area contributed by atoms with Crippen molar-refractivity contribution >= 4 is 0 Å². The van der Waals surface area contributed by atoms with Crippen LogP contribution in [0.5, 0.6) is 0 Å². The minimum absolute atomic E-state index is 0.469. The zero-order valence-electron chi connectivity index (χ0n) is 9.28. The second kappa shape index (κ2) is 3.02. The number of nitrogens with zero attached hydrogens (tertiary/aromatic N) is 1. The largest absolute Gasteiger partial charge is 0.302 e. The van der Waals surface area contributed by atoms with Gasteiger partial charge in [-0.3, -0.25) is 0 Å². The van der Waals surface area contributed by atoms with E-state index in [2.05, 4.69) is 39.5 Å². The predicted molar refractivity (Wildman–Crippen MR) is 54.3 cm³/mol. The molecule has 0 aromatic heterocycles. The molecule has 1 fully saturated rings. The van der Waals surface area contributed by atoms with Gasteiger partial charge < -0.3 is 4.90 Å². The molecule has 1 aliphatic heterocycles. The fourth-order valence-electron chi connectivity index (χ4n) is 1.89. The summed E-state index contributed by atoms with van der Waals surface area (Å²) in [4.78, 5) is 2.56. The fourth-order valence-corrected chi connectivity index (χ4v) is 1.89. The van der Waals surface area contributed by atoms with Gasteiger partial charge in [-0.05, 0) is 23.8 Å². The summed E-state index contributed by atoms with van der Waals surface area (Å²) in [5, 5.41) is 0. The highest BCUT2D eigenvalue weighted by atomic mass is 15.2. The normalized spacial score (nSPS) is 23.8. The van der Waals surface area contributed by atoms with Gasteiger partial charge in [-0.15, -0.1) is 0 Å². The van der Waals surface area contributed by atoms with Crippen LogP contribution < -0.4 is 0 Å². The Kier molecular flexibility index (Phi) is 2.53. The smallest absolute Gasteiger partial charge is 0.00528 e. The predicted octanol–water partition coefficient (Wildman–Crippen LogP) is 2.76. The van der Waals surface area contributed by atoms with Crippen molar-refractivity contribution in [3.63, 3.8) is 0 Å². The average molecular weight is 169 g/mol. The molecule has 0 aliphatic carbocycles. The van der Waals surface area contributed by atoms with Gasteiger partial charge in [0, 0.05) is 13.1 Å². The van der Waals surface area contributed by atoms with Gasteiger partial charge in [-0.1, -0.05) is 34.6 Å². The van der Waals surface area contributed by atoms with E-state index in [0.717, 1.165) is 0 Å². The van der Waals surface area contributed by atoms with E-state index in [0.29, 0.717) is 10.8 Å². The van der Waals surface area contributed by atoms with E-state index in [1.54, 1.807) is 0 Å². The summed E-state index contributed by atoms with van der Waals surface area (Å²) in [6.07, 6.45) is 1.29. The van der Waals surface area contributed by atoms with Gasteiger partial charge >= 0.3 is 0 Å². The molecule has 72 valence electrons. The van der Waals surface area contributed by atoms with Gasteiger partial charge in [0.1, 0.15) is 0 Å². The third kappa shape index (κ3) is 1.66. The van der Waals surface area contributed by atoms with E-state index in [1.807, 2.05) is 0 Å². The Morgan fingerprint density at radius 3 is 2.08 bits per heavy atom. The Labute approximate surface area is 77.1 Å². The van der Waals surface area contributed by atoms with E-state index in [-0.39, 0.29) is 0 Å². The zero-order valence-corrected chi connectivity index (χ0v) is 9.28. The Bertz CT molecular complexity index is 149. The lowest BCUT2D eigenvalue weighted by atomic mass is 9.63. The van der Waals surface area contributed by atoms with E-state index >= 15 is 0 Å². The molecule has 0 aromatic carbocycles. The molecule has 0 amide bonds. The molecule has 0 atom stereocenters. The van der Waals surface area contributed by atoms with Gasteiger partial charge in [-0.25, -0.2) is 0 Å². The molecule has 0 saturated carbocycles. The van der Waals surface area contributed by atoms with Crippen LogP contribution in [0, 0.1) is 10.8 Å². The van der Waals surface area contributed by atoms with E-state index in [4.69, 9.17) is 0 Å². The van der Waals surface area contributed by atoms with Crippen LogP contribution in [-0.2, 0) is 0 Å². The van der Waals surface area contributed by atoms with Crippen LogP contribution in [0.3, 0.4) is 0 Å². The third-order valence-corrected chi connectivity index (χ3v) is 3.50. The van der Waals surface area contributed by atoms with Crippen LogP contribution in [0.1, 0.15) is 41.0 Å². The van der Waals surface area contributed by atoms with Gasteiger partial charge in [-0.2, -0.15) is 0 Å². The molecule has 0 unspecified atom stereocenters. The first-order chi connectivity index (χ1) is 5.39. The quantitative estimate of drug-likeness (QED) is 0.614. The van der Waals surface area contributed by atoms with Crippen LogP contribution >= 0.6 is 0 Å². The standard InChI is InChI=1S/C11H23N/c1-6-7-12-8-11(5,9-12)10(2,3)4/h6-9H2,1-5H3. The summed E-state index contributed by atoms with van der Waals surface area (Å²) in [6.45, 7) is 15.6. The minimum Gasteiger partial charge on any atom is -0.302 e. The third-order valence-electron chi connectivity index (χ3n) is 3.50. The fraction of sp³-hybridized carbons (Fsp3) is 1.00. The monoisotopic (exact) mass is 169 g/mol. The van der Waals surface area contributed by atoms with Crippen molar-refractivity contribution in [1.29, 1.82) is 0 Å². The van der Waals surface area contributed by atoms with Crippen molar-refractivity contribution in [2.75, 3.05) is 19.6 Å². The topological polar surface area (TPSA) is 3.24 Å². The molecule has 1 aliphatic rings. The van der Waals surface area contributed by atoms with Gasteiger partial charge in [0.25, 0.3) is 0 Å². The zero-order chi connectivity index (χ0) is 9.41. The number of hydrogen-bond acceptors (Lipinski definition) is 1. The molecule has 1 heteroatoms. The molecule has 0 spiro atoms. The van der Waals surface area contributed by atoms with Gasteiger partial charge in [0.2, 0.25) is 0 Å². The Morgan fingerprint density at radius 2 is 1.75 bits per heavy atom. The van der Waals surface area contributed by atoms with Crippen molar-refractivity contribution < 1.29 is 0 Å². The maximum absolute atomic E-state index is 2.56. The van der Waals surface area contributed by atoms with E-state index < -0.39 is 0 Å². The summed E-state index contributed by atoms with van der Waals surface area (Å²) in [5.74, 6) is 0.